The molecule has 23 heavy (non-hydrogen) atoms. The first-order chi connectivity index (χ1) is 11.0. The molecule has 2 aromatic rings. The number of rotatable bonds is 6. The van der Waals surface area contributed by atoms with E-state index in [4.69, 9.17) is 0 Å². The molecule has 0 spiro atoms. The van der Waals surface area contributed by atoms with E-state index < -0.39 is 0 Å². The zero-order chi connectivity index (χ0) is 16.8. The molecular formula is C18H21BrFN2O+. The third-order valence-electron chi connectivity index (χ3n) is 3.64. The first-order valence-corrected chi connectivity index (χ1v) is 8.39. The molecule has 1 amide bonds. The minimum absolute atomic E-state index is 0.0594. The number of anilines is 1. The predicted octanol–water partition coefficient (Wildman–Crippen LogP) is 3.49. The minimum Gasteiger partial charge on any atom is -0.332 e. The average Bonchev–Trinajstić information content (AvgIpc) is 2.49. The highest BCUT2D eigenvalue weighted by molar-refractivity contribution is 9.10. The van der Waals surface area contributed by atoms with Gasteiger partial charge in [-0.3, -0.25) is 4.79 Å². The lowest BCUT2D eigenvalue weighted by Gasteiger charge is -2.19. The van der Waals surface area contributed by atoms with E-state index in [1.807, 2.05) is 29.6 Å². The Morgan fingerprint density at radius 1 is 1.22 bits per heavy atom. The number of carbonyl (C=O) groups is 1. The van der Waals surface area contributed by atoms with Crippen LogP contribution < -0.4 is 10.6 Å². The highest BCUT2D eigenvalue weighted by atomic mass is 79.9. The summed E-state index contributed by atoms with van der Waals surface area (Å²) in [6.07, 6.45) is 0. The number of hydrogen-bond acceptors (Lipinski definition) is 1. The minimum atomic E-state index is -0.247. The number of nitrogens with one attached hydrogen (secondary N) is 1. The van der Waals surface area contributed by atoms with E-state index in [2.05, 4.69) is 35.1 Å². The van der Waals surface area contributed by atoms with E-state index in [0.717, 1.165) is 15.7 Å². The van der Waals surface area contributed by atoms with Crippen LogP contribution in [0.15, 0.2) is 53.0 Å². The fraction of sp³-hybridized carbons (Fsp3) is 0.278. The van der Waals surface area contributed by atoms with Gasteiger partial charge in [0.1, 0.15) is 11.9 Å². The van der Waals surface area contributed by atoms with E-state index >= 15 is 0 Å². The van der Waals surface area contributed by atoms with Crippen molar-refractivity contribution in [2.45, 2.75) is 19.9 Å². The van der Waals surface area contributed by atoms with Gasteiger partial charge in [0.2, 0.25) is 0 Å². The number of quaternary nitrogens is 1. The van der Waals surface area contributed by atoms with Crippen molar-refractivity contribution in [3.8, 4) is 0 Å². The molecule has 3 N–H and O–H groups in total. The average molecular weight is 380 g/mol. The van der Waals surface area contributed by atoms with Crippen LogP contribution in [0.1, 0.15) is 25.5 Å². The van der Waals surface area contributed by atoms with Gasteiger partial charge in [0, 0.05) is 21.6 Å². The molecule has 2 aromatic carbocycles. The Labute approximate surface area is 144 Å². The number of benzene rings is 2. The topological polar surface area (TPSA) is 45.7 Å². The second-order valence-corrected chi connectivity index (χ2v) is 6.74. The van der Waals surface area contributed by atoms with Crippen LogP contribution in [0.4, 0.5) is 10.1 Å². The molecule has 0 heterocycles. The number of halogens is 2. The quantitative estimate of drug-likeness (QED) is 0.792. The first kappa shape index (κ1) is 17.6. The van der Waals surface area contributed by atoms with E-state index in [-0.39, 0.29) is 17.8 Å². The summed E-state index contributed by atoms with van der Waals surface area (Å²) >= 11 is 3.38. The molecule has 0 saturated carbocycles. The molecule has 0 saturated heterocycles. The summed E-state index contributed by atoms with van der Waals surface area (Å²) in [5.74, 6) is 0.0265. The summed E-state index contributed by atoms with van der Waals surface area (Å²) in [4.78, 5) is 12.1. The van der Waals surface area contributed by atoms with Gasteiger partial charge in [0.15, 0.2) is 6.54 Å². The van der Waals surface area contributed by atoms with E-state index in [9.17, 15) is 9.18 Å². The number of hydrogen-bond donors (Lipinski definition) is 2. The van der Waals surface area contributed by atoms with Crippen molar-refractivity contribution in [2.75, 3.05) is 11.9 Å². The predicted molar refractivity (Wildman–Crippen MR) is 93.5 cm³/mol. The summed E-state index contributed by atoms with van der Waals surface area (Å²) < 4.78 is 14.0. The van der Waals surface area contributed by atoms with Crippen LogP contribution in [0.5, 0.6) is 0 Å². The third kappa shape index (κ3) is 5.44. The Morgan fingerprint density at radius 2 is 1.91 bits per heavy atom. The van der Waals surface area contributed by atoms with Crippen LogP contribution in [-0.2, 0) is 4.79 Å². The molecule has 0 aliphatic rings. The zero-order valence-corrected chi connectivity index (χ0v) is 14.8. The van der Waals surface area contributed by atoms with Crippen molar-refractivity contribution in [2.24, 2.45) is 5.92 Å². The molecular weight excluding hydrogens is 359 g/mol. The Balaban J connectivity index is 1.96. The van der Waals surface area contributed by atoms with Crippen molar-refractivity contribution in [3.05, 3.63) is 64.4 Å². The van der Waals surface area contributed by atoms with Crippen LogP contribution in [0, 0.1) is 11.7 Å². The maximum Gasteiger partial charge on any atom is 0.279 e. The first-order valence-electron chi connectivity index (χ1n) is 7.60. The summed E-state index contributed by atoms with van der Waals surface area (Å²) in [6, 6.07) is 14.1. The highest BCUT2D eigenvalue weighted by Gasteiger charge is 2.20. The Bertz CT molecular complexity index is 658. The fourth-order valence-corrected chi connectivity index (χ4v) is 2.89. The molecule has 0 bridgehead atoms. The van der Waals surface area contributed by atoms with Crippen molar-refractivity contribution in [1.29, 1.82) is 0 Å². The van der Waals surface area contributed by atoms with Gasteiger partial charge in [-0.25, -0.2) is 4.39 Å². The normalized spacial score (nSPS) is 12.2. The lowest BCUT2D eigenvalue weighted by Crippen LogP contribution is -2.88. The van der Waals surface area contributed by atoms with Gasteiger partial charge in [-0.05, 0) is 30.3 Å². The molecule has 2 rings (SSSR count). The van der Waals surface area contributed by atoms with Gasteiger partial charge in [0.25, 0.3) is 5.91 Å². The lowest BCUT2D eigenvalue weighted by atomic mass is 9.96. The second kappa shape index (κ2) is 8.22. The number of nitrogens with two attached hydrogens (primary N) is 1. The van der Waals surface area contributed by atoms with E-state index in [1.54, 1.807) is 12.1 Å². The monoisotopic (exact) mass is 379 g/mol. The molecule has 1 atom stereocenters. The Morgan fingerprint density at radius 3 is 2.52 bits per heavy atom. The lowest BCUT2D eigenvalue weighted by molar-refractivity contribution is -0.692. The highest BCUT2D eigenvalue weighted by Crippen LogP contribution is 2.18. The van der Waals surface area contributed by atoms with Gasteiger partial charge in [-0.1, -0.05) is 48.0 Å². The SMILES string of the molecule is CC(C)[C@@H]([NH2+]CC(=O)Nc1cccc(Br)c1)c1ccc(F)cc1. The fourth-order valence-electron chi connectivity index (χ4n) is 2.49. The number of amides is 1. The van der Waals surface area contributed by atoms with Crippen LogP contribution in [-0.4, -0.2) is 12.5 Å². The van der Waals surface area contributed by atoms with E-state index in [0.29, 0.717) is 12.5 Å². The molecule has 0 aliphatic heterocycles. The van der Waals surface area contributed by atoms with Crippen LogP contribution in [0.25, 0.3) is 0 Å². The van der Waals surface area contributed by atoms with Gasteiger partial charge >= 0.3 is 0 Å². The largest absolute Gasteiger partial charge is 0.332 e. The van der Waals surface area contributed by atoms with Crippen molar-refractivity contribution >= 4 is 27.5 Å². The summed E-state index contributed by atoms with van der Waals surface area (Å²) in [5.41, 5.74) is 1.79. The standard InChI is InChI=1S/C18H20BrFN2O/c1-12(2)18(13-6-8-15(20)9-7-13)21-11-17(23)22-16-5-3-4-14(19)10-16/h3-10,12,18,21H,11H2,1-2H3,(H,22,23)/p+1/t18-/m1/s1. The second-order valence-electron chi connectivity index (χ2n) is 5.82. The molecule has 0 radical (unpaired) electrons. The van der Waals surface area contributed by atoms with Crippen molar-refractivity contribution in [3.63, 3.8) is 0 Å². The van der Waals surface area contributed by atoms with Gasteiger partial charge in [0.05, 0.1) is 0 Å². The summed E-state index contributed by atoms with van der Waals surface area (Å²) in [6.45, 7) is 4.50. The smallest absolute Gasteiger partial charge is 0.279 e. The molecule has 0 aromatic heterocycles. The Kier molecular flexibility index (Phi) is 6.30. The molecule has 3 nitrogen and oxygen atoms in total. The van der Waals surface area contributed by atoms with Crippen molar-refractivity contribution < 1.29 is 14.5 Å². The molecule has 5 heteroatoms. The van der Waals surface area contributed by atoms with Gasteiger partial charge in [-0.15, -0.1) is 0 Å². The number of carbonyl (C=O) groups excluding carboxylic acids is 1. The van der Waals surface area contributed by atoms with Crippen LogP contribution >= 0.6 is 15.9 Å². The van der Waals surface area contributed by atoms with Gasteiger partial charge < -0.3 is 10.6 Å². The maximum atomic E-state index is 13.1. The third-order valence-corrected chi connectivity index (χ3v) is 4.13. The zero-order valence-electron chi connectivity index (χ0n) is 13.2. The van der Waals surface area contributed by atoms with E-state index in [1.165, 1.54) is 12.1 Å². The molecule has 122 valence electrons. The molecule has 0 unspecified atom stereocenters. The van der Waals surface area contributed by atoms with Crippen LogP contribution in [0.2, 0.25) is 0 Å². The van der Waals surface area contributed by atoms with Gasteiger partial charge in [-0.2, -0.15) is 0 Å². The summed E-state index contributed by atoms with van der Waals surface area (Å²) in [5, 5.41) is 4.87. The summed E-state index contributed by atoms with van der Waals surface area (Å²) in [7, 11) is 0. The Hall–Kier alpha value is -1.72. The molecule has 0 fully saturated rings. The van der Waals surface area contributed by atoms with Crippen molar-refractivity contribution in [1.82, 2.24) is 0 Å². The van der Waals surface area contributed by atoms with Crippen LogP contribution in [0.3, 0.4) is 0 Å². The maximum absolute atomic E-state index is 13.1. The molecule has 0 aliphatic carbocycles.